The summed E-state index contributed by atoms with van der Waals surface area (Å²) in [6, 6.07) is 0.124. The van der Waals surface area contributed by atoms with Crippen molar-refractivity contribution < 1.29 is 19.2 Å². The van der Waals surface area contributed by atoms with E-state index < -0.39 is 0 Å². The van der Waals surface area contributed by atoms with Crippen LogP contribution in [0.2, 0.25) is 0 Å². The molecule has 4 fully saturated rings. The summed E-state index contributed by atoms with van der Waals surface area (Å²) < 4.78 is 0. The number of Topliss-reactive ketones (excluding diaryl/α,β-unsaturated/α-hetero) is 2. The molecule has 2 saturated heterocycles. The van der Waals surface area contributed by atoms with Gasteiger partial charge in [-0.1, -0.05) is 25.7 Å². The monoisotopic (exact) mass is 346 g/mol. The molecule has 0 radical (unpaired) electrons. The van der Waals surface area contributed by atoms with Gasteiger partial charge in [-0.05, 0) is 32.1 Å². The van der Waals surface area contributed by atoms with Crippen molar-refractivity contribution in [3.05, 3.63) is 0 Å². The molecule has 0 bridgehead atoms. The minimum absolute atomic E-state index is 0.0621. The van der Waals surface area contributed by atoms with Crippen molar-refractivity contribution in [1.82, 2.24) is 9.80 Å². The summed E-state index contributed by atoms with van der Waals surface area (Å²) in [4.78, 5) is 52.4. The van der Waals surface area contributed by atoms with Crippen molar-refractivity contribution in [1.29, 1.82) is 0 Å². The molecule has 4 aliphatic rings. The van der Waals surface area contributed by atoms with Gasteiger partial charge >= 0.3 is 0 Å². The highest BCUT2D eigenvalue weighted by Crippen LogP contribution is 2.36. The van der Waals surface area contributed by atoms with E-state index in [0.29, 0.717) is 19.5 Å². The van der Waals surface area contributed by atoms with Crippen LogP contribution in [0.5, 0.6) is 0 Å². The van der Waals surface area contributed by atoms with Crippen LogP contribution in [0.15, 0.2) is 0 Å². The number of ketones is 2. The van der Waals surface area contributed by atoms with E-state index in [2.05, 4.69) is 0 Å². The number of carbonyl (C=O) groups is 4. The van der Waals surface area contributed by atoms with Gasteiger partial charge in [-0.3, -0.25) is 19.2 Å². The molecule has 136 valence electrons. The van der Waals surface area contributed by atoms with Crippen LogP contribution in [0.1, 0.15) is 57.8 Å². The number of rotatable bonds is 4. The van der Waals surface area contributed by atoms with Gasteiger partial charge in [0.1, 0.15) is 0 Å². The Kier molecular flexibility index (Phi) is 4.38. The molecule has 2 amide bonds. The zero-order chi connectivity index (χ0) is 17.6. The van der Waals surface area contributed by atoms with Gasteiger partial charge in [0.05, 0.1) is 0 Å². The van der Waals surface area contributed by atoms with Gasteiger partial charge in [-0.2, -0.15) is 0 Å². The summed E-state index contributed by atoms with van der Waals surface area (Å²) in [5.74, 6) is -1.33. The first-order valence-corrected chi connectivity index (χ1v) is 9.79. The molecule has 2 aliphatic carbocycles. The summed E-state index contributed by atoms with van der Waals surface area (Å²) in [6.45, 7) is 1.03. The molecule has 4 unspecified atom stereocenters. The minimum atomic E-state index is -0.337. The van der Waals surface area contributed by atoms with E-state index in [1.807, 2.05) is 0 Å². The Labute approximate surface area is 147 Å². The molecule has 4 atom stereocenters. The van der Waals surface area contributed by atoms with E-state index in [1.54, 1.807) is 9.80 Å². The second-order valence-corrected chi connectivity index (χ2v) is 8.00. The number of likely N-dealkylation sites (tertiary alicyclic amines) is 2. The van der Waals surface area contributed by atoms with Gasteiger partial charge in [0, 0.05) is 37.0 Å². The minimum Gasteiger partial charge on any atom is -0.332 e. The molecule has 2 aliphatic heterocycles. The maximum Gasteiger partial charge on any atom is 0.290 e. The van der Waals surface area contributed by atoms with Crippen LogP contribution < -0.4 is 0 Å². The molecule has 4 rings (SSSR count). The number of hydrogen-bond donors (Lipinski definition) is 0. The summed E-state index contributed by atoms with van der Waals surface area (Å²) in [6.07, 6.45) is 8.32. The van der Waals surface area contributed by atoms with Crippen LogP contribution in [-0.2, 0) is 19.2 Å². The average Bonchev–Trinajstić information content (AvgIpc) is 3.03. The van der Waals surface area contributed by atoms with Gasteiger partial charge in [0.15, 0.2) is 0 Å². The van der Waals surface area contributed by atoms with Gasteiger partial charge in [0.25, 0.3) is 11.8 Å². The lowest BCUT2D eigenvalue weighted by molar-refractivity contribution is -0.141. The van der Waals surface area contributed by atoms with Crippen molar-refractivity contribution >= 4 is 23.4 Å². The van der Waals surface area contributed by atoms with Crippen LogP contribution in [0.4, 0.5) is 0 Å². The van der Waals surface area contributed by atoms with Crippen molar-refractivity contribution in [2.75, 3.05) is 13.1 Å². The van der Waals surface area contributed by atoms with Crippen LogP contribution in [0, 0.1) is 11.8 Å². The van der Waals surface area contributed by atoms with E-state index >= 15 is 0 Å². The molecule has 0 aromatic rings. The maximum atomic E-state index is 12.3. The second kappa shape index (κ2) is 6.54. The van der Waals surface area contributed by atoms with Crippen molar-refractivity contribution in [2.45, 2.75) is 69.9 Å². The molecular weight excluding hydrogens is 320 g/mol. The molecule has 2 heterocycles. The second-order valence-electron chi connectivity index (χ2n) is 8.00. The van der Waals surface area contributed by atoms with E-state index in [4.69, 9.17) is 0 Å². The Balaban J connectivity index is 1.37. The Morgan fingerprint density at radius 1 is 0.640 bits per heavy atom. The van der Waals surface area contributed by atoms with E-state index in [0.717, 1.165) is 51.4 Å². The topological polar surface area (TPSA) is 74.8 Å². The van der Waals surface area contributed by atoms with Crippen molar-refractivity contribution in [3.8, 4) is 0 Å². The van der Waals surface area contributed by atoms with Crippen LogP contribution in [0.25, 0.3) is 0 Å². The third-order valence-corrected chi connectivity index (χ3v) is 6.67. The van der Waals surface area contributed by atoms with Crippen molar-refractivity contribution in [2.24, 2.45) is 11.8 Å². The Hall–Kier alpha value is -1.72. The SMILES string of the molecule is O=C1C(=O)N(CCCN2C(=O)C(=O)C3CCCCC32)C2CCCCC12. The van der Waals surface area contributed by atoms with Crippen LogP contribution >= 0.6 is 0 Å². The molecular formula is C19H26N2O4. The maximum absolute atomic E-state index is 12.3. The number of nitrogens with zero attached hydrogens (tertiary/aromatic N) is 2. The average molecular weight is 346 g/mol. The summed E-state index contributed by atoms with van der Waals surface area (Å²) in [5.41, 5.74) is 0. The number of amides is 2. The zero-order valence-corrected chi connectivity index (χ0v) is 14.6. The van der Waals surface area contributed by atoms with E-state index in [-0.39, 0.29) is 47.3 Å². The normalized spacial score (nSPS) is 35.4. The fourth-order valence-electron chi connectivity index (χ4n) is 5.43. The van der Waals surface area contributed by atoms with E-state index in [1.165, 1.54) is 0 Å². The van der Waals surface area contributed by atoms with Crippen LogP contribution in [0.3, 0.4) is 0 Å². The molecule has 6 heteroatoms. The summed E-state index contributed by atoms with van der Waals surface area (Å²) >= 11 is 0. The lowest BCUT2D eigenvalue weighted by Crippen LogP contribution is -2.41. The largest absolute Gasteiger partial charge is 0.332 e. The number of carbonyl (C=O) groups excluding carboxylic acids is 4. The first kappa shape index (κ1) is 16.7. The van der Waals surface area contributed by atoms with Crippen molar-refractivity contribution in [3.63, 3.8) is 0 Å². The Morgan fingerprint density at radius 3 is 1.48 bits per heavy atom. The highest BCUT2D eigenvalue weighted by Gasteiger charge is 2.49. The van der Waals surface area contributed by atoms with Crippen LogP contribution in [-0.4, -0.2) is 58.4 Å². The van der Waals surface area contributed by atoms with E-state index in [9.17, 15) is 19.2 Å². The molecule has 6 nitrogen and oxygen atoms in total. The number of fused-ring (bicyclic) bond motifs is 2. The molecule has 25 heavy (non-hydrogen) atoms. The highest BCUT2D eigenvalue weighted by molar-refractivity contribution is 6.39. The lowest BCUT2D eigenvalue weighted by atomic mass is 9.84. The standard InChI is InChI=1S/C19H26N2O4/c22-16-12-6-1-3-8-14(12)20(18(16)24)10-5-11-21-15-9-4-2-7-13(15)17(23)19(21)25/h12-15H,1-11H2. The molecule has 2 saturated carbocycles. The third-order valence-electron chi connectivity index (χ3n) is 6.67. The molecule has 0 aromatic heterocycles. The molecule has 0 aromatic carbocycles. The highest BCUT2D eigenvalue weighted by atomic mass is 16.2. The first-order valence-electron chi connectivity index (χ1n) is 9.79. The fourth-order valence-corrected chi connectivity index (χ4v) is 5.43. The number of hydrogen-bond acceptors (Lipinski definition) is 4. The Bertz CT molecular complexity index is 565. The third kappa shape index (κ3) is 2.70. The van der Waals surface area contributed by atoms with Gasteiger partial charge in [-0.25, -0.2) is 0 Å². The quantitative estimate of drug-likeness (QED) is 0.720. The van der Waals surface area contributed by atoms with Gasteiger partial charge in [-0.15, -0.1) is 0 Å². The summed E-state index contributed by atoms with van der Waals surface area (Å²) in [5, 5.41) is 0. The lowest BCUT2D eigenvalue weighted by Gasteiger charge is -2.32. The fraction of sp³-hybridized carbons (Fsp3) is 0.789. The molecule has 0 spiro atoms. The van der Waals surface area contributed by atoms with Gasteiger partial charge in [0.2, 0.25) is 11.6 Å². The smallest absolute Gasteiger partial charge is 0.290 e. The van der Waals surface area contributed by atoms with Gasteiger partial charge < -0.3 is 9.80 Å². The predicted octanol–water partition coefficient (Wildman–Crippen LogP) is 1.32. The Morgan fingerprint density at radius 2 is 1.04 bits per heavy atom. The zero-order valence-electron chi connectivity index (χ0n) is 14.6. The summed E-state index contributed by atoms with van der Waals surface area (Å²) in [7, 11) is 0. The first-order chi connectivity index (χ1) is 12.1. The molecule has 0 N–H and O–H groups in total. The predicted molar refractivity (Wildman–Crippen MR) is 89.5 cm³/mol.